The Morgan fingerprint density at radius 3 is 2.42 bits per heavy atom. The molecular weight excluding hydrogens is 320 g/mol. The number of rotatable bonds is 2. The molecule has 6 heteroatoms. The lowest BCUT2D eigenvalue weighted by molar-refractivity contribution is 0.838. The summed E-state index contributed by atoms with van der Waals surface area (Å²) < 4.78 is 1.37. The lowest BCUT2D eigenvalue weighted by Crippen LogP contribution is -2.37. The molecule has 0 atom stereocenters. The number of anilines is 1. The van der Waals surface area contributed by atoms with E-state index in [1.165, 1.54) is 4.68 Å². The predicted octanol–water partition coefficient (Wildman–Crippen LogP) is 3.26. The summed E-state index contributed by atoms with van der Waals surface area (Å²) in [6.45, 7) is 5.78. The standard InChI is InChI=1S/C18H18N4OS/c1-11-7-6-8-12(2)16(11)20-18(24)21-22-13(3)19-15-10-5-4-9-14(15)17(22)23/h4-10H,1-3H3,(H2,20,21,24). The fourth-order valence-corrected chi connectivity index (χ4v) is 2.82. The van der Waals surface area contributed by atoms with Gasteiger partial charge in [0.1, 0.15) is 5.82 Å². The lowest BCUT2D eigenvalue weighted by Gasteiger charge is -2.17. The molecular formula is C18H18N4OS. The molecule has 5 nitrogen and oxygen atoms in total. The number of fused-ring (bicyclic) bond motifs is 1. The van der Waals surface area contributed by atoms with Gasteiger partial charge in [-0.1, -0.05) is 30.3 Å². The van der Waals surface area contributed by atoms with Gasteiger partial charge in [-0.15, -0.1) is 0 Å². The summed E-state index contributed by atoms with van der Waals surface area (Å²) in [5.41, 5.74) is 6.54. The molecule has 0 radical (unpaired) electrons. The average Bonchev–Trinajstić information content (AvgIpc) is 2.55. The van der Waals surface area contributed by atoms with Crippen LogP contribution in [0.4, 0.5) is 5.69 Å². The molecule has 0 saturated carbocycles. The van der Waals surface area contributed by atoms with E-state index in [4.69, 9.17) is 12.2 Å². The number of aryl methyl sites for hydroxylation is 3. The van der Waals surface area contributed by atoms with Crippen molar-refractivity contribution in [2.24, 2.45) is 0 Å². The van der Waals surface area contributed by atoms with E-state index in [0.29, 0.717) is 21.8 Å². The fraction of sp³-hybridized carbons (Fsp3) is 0.167. The van der Waals surface area contributed by atoms with E-state index >= 15 is 0 Å². The average molecular weight is 338 g/mol. The number of aromatic nitrogens is 2. The number of nitrogens with one attached hydrogen (secondary N) is 2. The minimum atomic E-state index is -0.177. The highest BCUT2D eigenvalue weighted by Crippen LogP contribution is 2.19. The van der Waals surface area contributed by atoms with Gasteiger partial charge in [0, 0.05) is 5.69 Å². The highest BCUT2D eigenvalue weighted by Gasteiger charge is 2.10. The second kappa shape index (κ2) is 6.41. The van der Waals surface area contributed by atoms with E-state index < -0.39 is 0 Å². The molecule has 24 heavy (non-hydrogen) atoms. The molecule has 0 aliphatic rings. The minimum Gasteiger partial charge on any atom is -0.331 e. The Morgan fingerprint density at radius 1 is 1.04 bits per heavy atom. The van der Waals surface area contributed by atoms with Crippen molar-refractivity contribution in [2.75, 3.05) is 10.7 Å². The quantitative estimate of drug-likeness (QED) is 0.703. The molecule has 1 heterocycles. The summed E-state index contributed by atoms with van der Waals surface area (Å²) in [6, 6.07) is 13.3. The SMILES string of the molecule is Cc1cccc(C)c1NC(=S)Nn1c(C)nc2ccccc2c1=O. The molecule has 0 aliphatic heterocycles. The fourth-order valence-electron chi connectivity index (χ4n) is 2.63. The van der Waals surface area contributed by atoms with Gasteiger partial charge in [0.2, 0.25) is 0 Å². The maximum atomic E-state index is 12.6. The van der Waals surface area contributed by atoms with Gasteiger partial charge >= 0.3 is 0 Å². The van der Waals surface area contributed by atoms with Crippen LogP contribution < -0.4 is 16.3 Å². The lowest BCUT2D eigenvalue weighted by atomic mass is 10.1. The number of hydrogen-bond donors (Lipinski definition) is 2. The maximum Gasteiger partial charge on any atom is 0.280 e. The van der Waals surface area contributed by atoms with Crippen LogP contribution in [0.1, 0.15) is 17.0 Å². The van der Waals surface area contributed by atoms with E-state index in [1.54, 1.807) is 13.0 Å². The molecule has 2 N–H and O–H groups in total. The van der Waals surface area contributed by atoms with Gasteiger partial charge in [0.05, 0.1) is 10.9 Å². The smallest absolute Gasteiger partial charge is 0.280 e. The molecule has 0 bridgehead atoms. The Balaban J connectivity index is 1.93. The van der Waals surface area contributed by atoms with Gasteiger partial charge in [0.15, 0.2) is 5.11 Å². The second-order valence-corrected chi connectivity index (χ2v) is 6.06. The molecule has 3 aromatic rings. The van der Waals surface area contributed by atoms with Crippen molar-refractivity contribution >= 4 is 33.9 Å². The molecule has 122 valence electrons. The molecule has 2 aromatic carbocycles. The zero-order valence-electron chi connectivity index (χ0n) is 13.8. The number of hydrogen-bond acceptors (Lipinski definition) is 3. The van der Waals surface area contributed by atoms with Crippen LogP contribution in [0.25, 0.3) is 10.9 Å². The van der Waals surface area contributed by atoms with Crippen molar-refractivity contribution in [3.05, 3.63) is 69.8 Å². The first-order valence-electron chi connectivity index (χ1n) is 7.60. The van der Waals surface area contributed by atoms with Crippen molar-refractivity contribution < 1.29 is 0 Å². The third-order valence-electron chi connectivity index (χ3n) is 3.88. The van der Waals surface area contributed by atoms with E-state index in [1.807, 2.05) is 50.2 Å². The van der Waals surface area contributed by atoms with E-state index in [0.717, 1.165) is 16.8 Å². The van der Waals surface area contributed by atoms with Crippen molar-refractivity contribution in [1.82, 2.24) is 9.66 Å². The molecule has 0 aliphatic carbocycles. The van der Waals surface area contributed by atoms with Crippen LogP contribution in [0.2, 0.25) is 0 Å². The Hall–Kier alpha value is -2.73. The van der Waals surface area contributed by atoms with Gasteiger partial charge in [-0.2, -0.15) is 0 Å². The van der Waals surface area contributed by atoms with Crippen LogP contribution >= 0.6 is 12.2 Å². The monoisotopic (exact) mass is 338 g/mol. The van der Waals surface area contributed by atoms with Crippen LogP contribution in [0.5, 0.6) is 0 Å². The number of thiocarbonyl (C=S) groups is 1. The largest absolute Gasteiger partial charge is 0.331 e. The maximum absolute atomic E-state index is 12.6. The number of nitrogens with zero attached hydrogens (tertiary/aromatic N) is 2. The van der Waals surface area contributed by atoms with Crippen molar-refractivity contribution in [3.8, 4) is 0 Å². The number of para-hydroxylation sites is 2. The van der Waals surface area contributed by atoms with Crippen LogP contribution in [-0.4, -0.2) is 14.8 Å². The zero-order chi connectivity index (χ0) is 17.3. The minimum absolute atomic E-state index is 0.177. The zero-order valence-corrected chi connectivity index (χ0v) is 14.6. The van der Waals surface area contributed by atoms with Gasteiger partial charge < -0.3 is 5.32 Å². The van der Waals surface area contributed by atoms with E-state index in [2.05, 4.69) is 15.7 Å². The summed E-state index contributed by atoms with van der Waals surface area (Å²) in [4.78, 5) is 17.1. The highest BCUT2D eigenvalue weighted by atomic mass is 32.1. The van der Waals surface area contributed by atoms with Gasteiger partial charge in [0.25, 0.3) is 5.56 Å². The third-order valence-corrected chi connectivity index (χ3v) is 4.07. The van der Waals surface area contributed by atoms with Gasteiger partial charge in [-0.05, 0) is 56.2 Å². The third kappa shape index (κ3) is 3.00. The molecule has 0 saturated heterocycles. The van der Waals surface area contributed by atoms with Gasteiger partial charge in [-0.3, -0.25) is 10.2 Å². The number of benzene rings is 2. The predicted molar refractivity (Wildman–Crippen MR) is 102 cm³/mol. The molecule has 0 amide bonds. The first-order chi connectivity index (χ1) is 11.5. The molecule has 3 rings (SSSR count). The Kier molecular flexibility index (Phi) is 4.31. The summed E-state index contributed by atoms with van der Waals surface area (Å²) in [5.74, 6) is 0.546. The molecule has 0 unspecified atom stereocenters. The Morgan fingerprint density at radius 2 is 1.71 bits per heavy atom. The molecule has 0 fully saturated rings. The normalized spacial score (nSPS) is 10.6. The van der Waals surface area contributed by atoms with Crippen LogP contribution in [0, 0.1) is 20.8 Å². The second-order valence-electron chi connectivity index (χ2n) is 5.65. The highest BCUT2D eigenvalue weighted by molar-refractivity contribution is 7.80. The van der Waals surface area contributed by atoms with E-state index in [-0.39, 0.29) is 5.56 Å². The first-order valence-corrected chi connectivity index (χ1v) is 8.01. The van der Waals surface area contributed by atoms with Crippen LogP contribution in [-0.2, 0) is 0 Å². The topological polar surface area (TPSA) is 58.9 Å². The van der Waals surface area contributed by atoms with Crippen molar-refractivity contribution in [3.63, 3.8) is 0 Å². The Bertz CT molecular complexity index is 974. The summed E-state index contributed by atoms with van der Waals surface area (Å²) in [7, 11) is 0. The van der Waals surface area contributed by atoms with Crippen molar-refractivity contribution in [2.45, 2.75) is 20.8 Å². The van der Waals surface area contributed by atoms with Crippen molar-refractivity contribution in [1.29, 1.82) is 0 Å². The Labute approximate surface area is 145 Å². The molecule has 0 spiro atoms. The van der Waals surface area contributed by atoms with Crippen LogP contribution in [0.3, 0.4) is 0 Å². The summed E-state index contributed by atoms with van der Waals surface area (Å²) in [5, 5.41) is 4.05. The summed E-state index contributed by atoms with van der Waals surface area (Å²) in [6.07, 6.45) is 0. The first kappa shape index (κ1) is 16.1. The summed E-state index contributed by atoms with van der Waals surface area (Å²) >= 11 is 5.37. The van der Waals surface area contributed by atoms with Gasteiger partial charge in [-0.25, -0.2) is 9.66 Å². The van der Waals surface area contributed by atoms with E-state index in [9.17, 15) is 4.79 Å². The molecule has 1 aromatic heterocycles. The van der Waals surface area contributed by atoms with Crippen LogP contribution in [0.15, 0.2) is 47.3 Å².